The lowest BCUT2D eigenvalue weighted by molar-refractivity contribution is 0.371. The average molecular weight is 384 g/mol. The van der Waals surface area contributed by atoms with Gasteiger partial charge in [0.1, 0.15) is 0 Å². The number of benzene rings is 1. The third-order valence-electron chi connectivity index (χ3n) is 5.07. The Morgan fingerprint density at radius 3 is 2.93 bits per heavy atom. The minimum absolute atomic E-state index is 0.0792. The van der Waals surface area contributed by atoms with Crippen LogP contribution in [0.4, 0.5) is 11.8 Å². The van der Waals surface area contributed by atoms with Crippen LogP contribution in [0.1, 0.15) is 31.2 Å². The molecule has 28 heavy (non-hydrogen) atoms. The maximum absolute atomic E-state index is 10.3. The first-order valence-corrected chi connectivity index (χ1v) is 9.35. The largest absolute Gasteiger partial charge is 0.504 e. The van der Waals surface area contributed by atoms with Gasteiger partial charge in [-0.15, -0.1) is 5.10 Å². The number of aromatic hydroxyl groups is 1. The quantitative estimate of drug-likeness (QED) is 0.429. The fourth-order valence-electron chi connectivity index (χ4n) is 3.49. The summed E-state index contributed by atoms with van der Waals surface area (Å²) in [7, 11) is 1.52. The molecule has 1 aliphatic rings. The molecule has 0 radical (unpaired) electrons. The topological polar surface area (TPSA) is 147 Å². The summed E-state index contributed by atoms with van der Waals surface area (Å²) in [5, 5.41) is 27.6. The van der Waals surface area contributed by atoms with E-state index in [1.807, 2.05) is 12.1 Å². The average Bonchev–Trinajstić information content (AvgIpc) is 3.17. The lowest BCUT2D eigenvalue weighted by Gasteiger charge is -2.29. The highest BCUT2D eigenvalue weighted by molar-refractivity contribution is 5.83. The summed E-state index contributed by atoms with van der Waals surface area (Å²) in [4.78, 5) is 9.00. The SMILES string of the molecule is COc1cccc(CNc2nc(NC3CCCCC3N)nc3n[nH]nc23)c1O. The number of hydrogen-bond acceptors (Lipinski definition) is 9. The van der Waals surface area contributed by atoms with Crippen molar-refractivity contribution < 1.29 is 9.84 Å². The van der Waals surface area contributed by atoms with Crippen molar-refractivity contribution in [3.05, 3.63) is 23.8 Å². The third-order valence-corrected chi connectivity index (χ3v) is 5.07. The Bertz CT molecular complexity index is 960. The Labute approximate surface area is 161 Å². The molecule has 2 atom stereocenters. The number of anilines is 2. The molecule has 4 rings (SSSR count). The Morgan fingerprint density at radius 2 is 2.11 bits per heavy atom. The second-order valence-electron chi connectivity index (χ2n) is 6.91. The van der Waals surface area contributed by atoms with Gasteiger partial charge in [0.05, 0.1) is 7.11 Å². The molecule has 0 amide bonds. The maximum atomic E-state index is 10.3. The molecular formula is C18H24N8O2. The summed E-state index contributed by atoms with van der Waals surface area (Å²) in [6.07, 6.45) is 4.27. The van der Waals surface area contributed by atoms with E-state index in [0.717, 1.165) is 25.7 Å². The Hall–Kier alpha value is -3.14. The number of nitrogens with two attached hydrogens (primary N) is 1. The molecule has 10 nitrogen and oxygen atoms in total. The van der Waals surface area contributed by atoms with E-state index in [1.54, 1.807) is 6.07 Å². The highest BCUT2D eigenvalue weighted by Crippen LogP contribution is 2.30. The summed E-state index contributed by atoms with van der Waals surface area (Å²) in [5.74, 6) is 1.49. The van der Waals surface area contributed by atoms with Crippen LogP contribution in [-0.4, -0.2) is 49.7 Å². The van der Waals surface area contributed by atoms with Gasteiger partial charge in [-0.05, 0) is 18.9 Å². The summed E-state index contributed by atoms with van der Waals surface area (Å²) in [5.41, 5.74) is 7.89. The van der Waals surface area contributed by atoms with E-state index in [0.29, 0.717) is 40.8 Å². The van der Waals surface area contributed by atoms with E-state index in [-0.39, 0.29) is 17.8 Å². The summed E-state index contributed by atoms with van der Waals surface area (Å²) in [6.45, 7) is 0.338. The fourth-order valence-corrected chi connectivity index (χ4v) is 3.49. The van der Waals surface area contributed by atoms with Gasteiger partial charge in [0.2, 0.25) is 11.6 Å². The molecule has 3 aromatic rings. The Kier molecular flexibility index (Phi) is 5.11. The molecule has 10 heteroatoms. The van der Waals surface area contributed by atoms with Gasteiger partial charge < -0.3 is 26.2 Å². The molecule has 2 heterocycles. The number of ether oxygens (including phenoxy) is 1. The molecule has 6 N–H and O–H groups in total. The van der Waals surface area contributed by atoms with Gasteiger partial charge in [-0.25, -0.2) is 0 Å². The molecule has 1 saturated carbocycles. The van der Waals surface area contributed by atoms with Crippen molar-refractivity contribution in [1.29, 1.82) is 0 Å². The first-order chi connectivity index (χ1) is 13.7. The highest BCUT2D eigenvalue weighted by atomic mass is 16.5. The highest BCUT2D eigenvalue weighted by Gasteiger charge is 2.23. The first-order valence-electron chi connectivity index (χ1n) is 9.35. The third kappa shape index (κ3) is 3.63. The Balaban J connectivity index is 1.57. The number of phenols is 1. The molecule has 0 bridgehead atoms. The van der Waals surface area contributed by atoms with E-state index in [4.69, 9.17) is 10.5 Å². The number of nitrogens with one attached hydrogen (secondary N) is 3. The summed E-state index contributed by atoms with van der Waals surface area (Å²) < 4.78 is 5.16. The summed E-state index contributed by atoms with van der Waals surface area (Å²) >= 11 is 0. The zero-order valence-corrected chi connectivity index (χ0v) is 15.6. The van der Waals surface area contributed by atoms with Crippen LogP contribution in [0, 0.1) is 0 Å². The lowest BCUT2D eigenvalue weighted by atomic mass is 9.91. The number of methoxy groups -OCH3 is 1. The van der Waals surface area contributed by atoms with Crippen molar-refractivity contribution in [2.24, 2.45) is 5.73 Å². The first kappa shape index (κ1) is 18.2. The van der Waals surface area contributed by atoms with Gasteiger partial charge in [-0.1, -0.05) is 25.0 Å². The second-order valence-corrected chi connectivity index (χ2v) is 6.91. The maximum Gasteiger partial charge on any atom is 0.227 e. The van der Waals surface area contributed by atoms with Crippen LogP contribution in [0.2, 0.25) is 0 Å². The number of phenolic OH excluding ortho intramolecular Hbond substituents is 1. The molecular weight excluding hydrogens is 360 g/mol. The normalized spacial score (nSPS) is 19.5. The van der Waals surface area contributed by atoms with Gasteiger partial charge in [-0.3, -0.25) is 0 Å². The predicted octanol–water partition coefficient (Wildman–Crippen LogP) is 1.76. The summed E-state index contributed by atoms with van der Waals surface area (Å²) in [6, 6.07) is 5.54. The zero-order chi connectivity index (χ0) is 19.5. The number of para-hydroxylation sites is 1. The van der Waals surface area contributed by atoms with Crippen molar-refractivity contribution in [2.75, 3.05) is 17.7 Å². The van der Waals surface area contributed by atoms with Gasteiger partial charge in [-0.2, -0.15) is 20.3 Å². The molecule has 2 aromatic heterocycles. The van der Waals surface area contributed by atoms with Gasteiger partial charge in [0, 0.05) is 24.2 Å². The minimum Gasteiger partial charge on any atom is -0.504 e. The number of aromatic nitrogens is 5. The molecule has 1 fully saturated rings. The van der Waals surface area contributed by atoms with E-state index in [2.05, 4.69) is 36.0 Å². The van der Waals surface area contributed by atoms with E-state index >= 15 is 0 Å². The zero-order valence-electron chi connectivity index (χ0n) is 15.6. The standard InChI is InChI=1S/C18H24N8O2/c1-28-13-8-4-5-10(15(13)27)9-20-16-14-17(25-26-24-14)23-18(22-16)21-12-7-3-2-6-11(12)19/h4-5,8,11-12,27H,2-3,6-7,9,19H2,1H3,(H3,20,21,22,23,24,25,26). The number of hydrogen-bond donors (Lipinski definition) is 5. The number of rotatable bonds is 6. The molecule has 0 saturated heterocycles. The van der Waals surface area contributed by atoms with Crippen LogP contribution in [0.15, 0.2) is 18.2 Å². The number of nitrogens with zero attached hydrogens (tertiary/aromatic N) is 4. The van der Waals surface area contributed by atoms with Crippen molar-refractivity contribution in [2.45, 2.75) is 44.3 Å². The predicted molar refractivity (Wildman–Crippen MR) is 105 cm³/mol. The Morgan fingerprint density at radius 1 is 1.25 bits per heavy atom. The smallest absolute Gasteiger partial charge is 0.227 e. The van der Waals surface area contributed by atoms with E-state index in [1.165, 1.54) is 7.11 Å². The number of H-pyrrole nitrogens is 1. The van der Waals surface area contributed by atoms with Crippen LogP contribution < -0.4 is 21.1 Å². The minimum atomic E-state index is 0.0792. The van der Waals surface area contributed by atoms with E-state index in [9.17, 15) is 5.11 Å². The van der Waals surface area contributed by atoms with Crippen LogP contribution >= 0.6 is 0 Å². The van der Waals surface area contributed by atoms with Crippen LogP contribution in [-0.2, 0) is 6.54 Å². The van der Waals surface area contributed by atoms with Crippen LogP contribution in [0.3, 0.4) is 0 Å². The van der Waals surface area contributed by atoms with Crippen molar-refractivity contribution >= 4 is 22.9 Å². The van der Waals surface area contributed by atoms with Gasteiger partial charge >= 0.3 is 0 Å². The van der Waals surface area contributed by atoms with Crippen LogP contribution in [0.25, 0.3) is 11.2 Å². The monoisotopic (exact) mass is 384 g/mol. The fraction of sp³-hybridized carbons (Fsp3) is 0.444. The van der Waals surface area contributed by atoms with Gasteiger partial charge in [0.15, 0.2) is 22.8 Å². The van der Waals surface area contributed by atoms with Crippen molar-refractivity contribution in [1.82, 2.24) is 25.4 Å². The molecule has 148 valence electrons. The number of aromatic amines is 1. The van der Waals surface area contributed by atoms with E-state index < -0.39 is 0 Å². The van der Waals surface area contributed by atoms with Crippen molar-refractivity contribution in [3.8, 4) is 11.5 Å². The molecule has 1 aliphatic carbocycles. The molecule has 0 spiro atoms. The second kappa shape index (κ2) is 7.85. The molecule has 2 unspecified atom stereocenters. The molecule has 0 aliphatic heterocycles. The van der Waals surface area contributed by atoms with Crippen LogP contribution in [0.5, 0.6) is 11.5 Å². The number of fused-ring (bicyclic) bond motifs is 1. The van der Waals surface area contributed by atoms with Crippen molar-refractivity contribution in [3.63, 3.8) is 0 Å². The van der Waals surface area contributed by atoms with Gasteiger partial charge in [0.25, 0.3) is 0 Å². The lowest BCUT2D eigenvalue weighted by Crippen LogP contribution is -2.43. The molecule has 1 aromatic carbocycles.